The SMILES string of the molecule is COc1cc(N2CCN(C(=O)c3cn(C)nc3C(F)F)CC2=O)ccn1. The van der Waals surface area contributed by atoms with Crippen molar-refractivity contribution in [3.05, 3.63) is 35.8 Å². The summed E-state index contributed by atoms with van der Waals surface area (Å²) in [6, 6.07) is 3.28. The summed E-state index contributed by atoms with van der Waals surface area (Å²) in [7, 11) is 2.93. The number of halogens is 2. The molecule has 3 heterocycles. The molecule has 26 heavy (non-hydrogen) atoms. The van der Waals surface area contributed by atoms with Crippen LogP contribution in [0.4, 0.5) is 14.5 Å². The van der Waals surface area contributed by atoms with Gasteiger partial charge in [0.2, 0.25) is 11.8 Å². The average Bonchev–Trinajstić information content (AvgIpc) is 3.03. The molecule has 1 aliphatic rings. The van der Waals surface area contributed by atoms with E-state index >= 15 is 0 Å². The Morgan fingerprint density at radius 3 is 2.77 bits per heavy atom. The Hall–Kier alpha value is -3.04. The lowest BCUT2D eigenvalue weighted by Crippen LogP contribution is -2.52. The molecule has 1 aliphatic heterocycles. The van der Waals surface area contributed by atoms with Crippen molar-refractivity contribution in [3.63, 3.8) is 0 Å². The fourth-order valence-corrected chi connectivity index (χ4v) is 2.80. The van der Waals surface area contributed by atoms with Crippen LogP contribution in [0.25, 0.3) is 0 Å². The molecule has 0 unspecified atom stereocenters. The summed E-state index contributed by atoms with van der Waals surface area (Å²) in [5.74, 6) is -0.584. The maximum Gasteiger partial charge on any atom is 0.282 e. The number of carbonyl (C=O) groups is 2. The molecule has 0 bridgehead atoms. The van der Waals surface area contributed by atoms with Gasteiger partial charge in [0.15, 0.2) is 0 Å². The highest BCUT2D eigenvalue weighted by Crippen LogP contribution is 2.24. The maximum absolute atomic E-state index is 13.1. The number of ether oxygens (including phenoxy) is 1. The zero-order valence-electron chi connectivity index (χ0n) is 14.2. The van der Waals surface area contributed by atoms with Gasteiger partial charge in [0.25, 0.3) is 12.3 Å². The van der Waals surface area contributed by atoms with Crippen LogP contribution < -0.4 is 9.64 Å². The minimum Gasteiger partial charge on any atom is -0.481 e. The van der Waals surface area contributed by atoms with Gasteiger partial charge in [0, 0.05) is 38.6 Å². The van der Waals surface area contributed by atoms with Gasteiger partial charge in [-0.25, -0.2) is 13.8 Å². The first-order chi connectivity index (χ1) is 12.4. The summed E-state index contributed by atoms with van der Waals surface area (Å²) in [6.45, 7) is 0.246. The number of pyridine rings is 1. The molecule has 8 nitrogen and oxygen atoms in total. The van der Waals surface area contributed by atoms with E-state index in [0.29, 0.717) is 11.6 Å². The molecule has 10 heteroatoms. The Balaban J connectivity index is 1.76. The van der Waals surface area contributed by atoms with Crippen LogP contribution in [-0.4, -0.2) is 58.2 Å². The van der Waals surface area contributed by atoms with Gasteiger partial charge >= 0.3 is 0 Å². The van der Waals surface area contributed by atoms with Gasteiger partial charge in [-0.05, 0) is 6.07 Å². The van der Waals surface area contributed by atoms with Crippen molar-refractivity contribution in [3.8, 4) is 5.88 Å². The van der Waals surface area contributed by atoms with Crippen LogP contribution in [-0.2, 0) is 11.8 Å². The summed E-state index contributed by atoms with van der Waals surface area (Å²) in [4.78, 5) is 31.8. The number of alkyl halides is 2. The number of anilines is 1. The molecule has 0 atom stereocenters. The third-order valence-electron chi connectivity index (χ3n) is 4.04. The minimum atomic E-state index is -2.86. The Morgan fingerprint density at radius 2 is 2.12 bits per heavy atom. The quantitative estimate of drug-likeness (QED) is 0.815. The number of carbonyl (C=O) groups excluding carboxylic acids is 2. The molecule has 0 N–H and O–H groups in total. The molecule has 0 spiro atoms. The molecule has 1 saturated heterocycles. The van der Waals surface area contributed by atoms with Crippen molar-refractivity contribution in [2.24, 2.45) is 7.05 Å². The molecule has 2 aromatic heterocycles. The van der Waals surface area contributed by atoms with Crippen LogP contribution in [0, 0.1) is 0 Å². The van der Waals surface area contributed by atoms with Crippen LogP contribution >= 0.6 is 0 Å². The molecule has 138 valence electrons. The zero-order valence-corrected chi connectivity index (χ0v) is 14.2. The summed E-state index contributed by atoms with van der Waals surface area (Å²) >= 11 is 0. The Kier molecular flexibility index (Phi) is 4.83. The number of aryl methyl sites for hydroxylation is 1. The van der Waals surface area contributed by atoms with Crippen LogP contribution in [0.1, 0.15) is 22.5 Å². The number of aromatic nitrogens is 3. The smallest absolute Gasteiger partial charge is 0.282 e. The number of nitrogens with zero attached hydrogens (tertiary/aromatic N) is 5. The topological polar surface area (TPSA) is 80.6 Å². The summed E-state index contributed by atoms with van der Waals surface area (Å²) < 4.78 is 32.3. The highest BCUT2D eigenvalue weighted by molar-refractivity contribution is 6.02. The number of hydrogen-bond donors (Lipinski definition) is 0. The van der Waals surface area contributed by atoms with Gasteiger partial charge in [-0.3, -0.25) is 14.3 Å². The van der Waals surface area contributed by atoms with E-state index in [-0.39, 0.29) is 31.1 Å². The average molecular weight is 365 g/mol. The highest BCUT2D eigenvalue weighted by Gasteiger charge is 2.32. The Labute approximate surface area is 148 Å². The van der Waals surface area contributed by atoms with E-state index in [1.807, 2.05) is 0 Å². The molecular formula is C16H17F2N5O3. The van der Waals surface area contributed by atoms with Crippen molar-refractivity contribution in [1.82, 2.24) is 19.7 Å². The van der Waals surface area contributed by atoms with Crippen LogP contribution in [0.2, 0.25) is 0 Å². The zero-order chi connectivity index (χ0) is 18.8. The van der Waals surface area contributed by atoms with E-state index in [0.717, 1.165) is 4.68 Å². The van der Waals surface area contributed by atoms with Gasteiger partial charge in [-0.1, -0.05) is 0 Å². The van der Waals surface area contributed by atoms with Crippen molar-refractivity contribution < 1.29 is 23.1 Å². The number of rotatable bonds is 4. The van der Waals surface area contributed by atoms with Gasteiger partial charge in [-0.2, -0.15) is 5.10 Å². The fraction of sp³-hybridized carbons (Fsp3) is 0.375. The summed E-state index contributed by atoms with van der Waals surface area (Å²) in [5, 5.41) is 3.63. The second-order valence-electron chi connectivity index (χ2n) is 5.73. The second-order valence-corrected chi connectivity index (χ2v) is 5.73. The Morgan fingerprint density at radius 1 is 1.35 bits per heavy atom. The predicted octanol–water partition coefficient (Wildman–Crippen LogP) is 1.25. The summed E-state index contributed by atoms with van der Waals surface area (Å²) in [6.07, 6.45) is -0.103. The predicted molar refractivity (Wildman–Crippen MR) is 87.2 cm³/mol. The standard InChI is InChI=1S/C16H17F2N5O3/c1-21-8-11(14(20-21)15(17)18)16(25)22-5-6-23(13(24)9-22)10-3-4-19-12(7-10)26-2/h3-4,7-8,15H,5-6,9H2,1-2H3. The number of piperazine rings is 1. The number of amides is 2. The first-order valence-corrected chi connectivity index (χ1v) is 7.82. The molecule has 0 radical (unpaired) electrons. The lowest BCUT2D eigenvalue weighted by Gasteiger charge is -2.34. The highest BCUT2D eigenvalue weighted by atomic mass is 19.3. The first-order valence-electron chi connectivity index (χ1n) is 7.82. The molecule has 0 saturated carbocycles. The maximum atomic E-state index is 13.1. The van der Waals surface area contributed by atoms with Crippen LogP contribution in [0.3, 0.4) is 0 Å². The molecule has 0 aromatic carbocycles. The van der Waals surface area contributed by atoms with E-state index < -0.39 is 18.0 Å². The van der Waals surface area contributed by atoms with Gasteiger partial charge in [0.1, 0.15) is 12.2 Å². The largest absolute Gasteiger partial charge is 0.481 e. The molecule has 3 rings (SSSR count). The lowest BCUT2D eigenvalue weighted by molar-refractivity contribution is -0.120. The van der Waals surface area contributed by atoms with E-state index in [1.165, 1.54) is 36.4 Å². The number of hydrogen-bond acceptors (Lipinski definition) is 5. The monoisotopic (exact) mass is 365 g/mol. The van der Waals surface area contributed by atoms with Crippen LogP contribution in [0.15, 0.2) is 24.5 Å². The van der Waals surface area contributed by atoms with Gasteiger partial charge in [0.05, 0.1) is 18.4 Å². The second kappa shape index (κ2) is 7.06. The fourth-order valence-electron chi connectivity index (χ4n) is 2.80. The lowest BCUT2D eigenvalue weighted by atomic mass is 10.2. The minimum absolute atomic E-state index is 0.186. The van der Waals surface area contributed by atoms with Crippen molar-refractivity contribution >= 4 is 17.5 Å². The van der Waals surface area contributed by atoms with Gasteiger partial charge < -0.3 is 14.5 Å². The van der Waals surface area contributed by atoms with Gasteiger partial charge in [-0.15, -0.1) is 0 Å². The molecule has 1 fully saturated rings. The van der Waals surface area contributed by atoms with Crippen molar-refractivity contribution in [2.45, 2.75) is 6.43 Å². The third kappa shape index (κ3) is 3.35. The molecule has 2 aromatic rings. The van der Waals surface area contributed by atoms with E-state index in [4.69, 9.17) is 4.74 Å². The molecule has 0 aliphatic carbocycles. The molecular weight excluding hydrogens is 348 g/mol. The van der Waals surface area contributed by atoms with E-state index in [9.17, 15) is 18.4 Å². The normalized spacial score (nSPS) is 14.9. The van der Waals surface area contributed by atoms with Crippen LogP contribution in [0.5, 0.6) is 5.88 Å². The third-order valence-corrected chi connectivity index (χ3v) is 4.04. The van der Waals surface area contributed by atoms with E-state index in [1.54, 1.807) is 12.1 Å². The van der Waals surface area contributed by atoms with Crippen molar-refractivity contribution in [2.75, 3.05) is 31.6 Å². The first kappa shape index (κ1) is 17.8. The number of methoxy groups -OCH3 is 1. The summed E-state index contributed by atoms with van der Waals surface area (Å²) in [5.41, 5.74) is -0.163. The Bertz CT molecular complexity index is 839. The molecule has 2 amide bonds. The van der Waals surface area contributed by atoms with E-state index in [2.05, 4.69) is 10.1 Å². The van der Waals surface area contributed by atoms with Crippen molar-refractivity contribution in [1.29, 1.82) is 0 Å².